The Labute approximate surface area is 160 Å². The Morgan fingerprint density at radius 3 is 2.42 bits per heavy atom. The summed E-state index contributed by atoms with van der Waals surface area (Å²) in [7, 11) is 3.04. The second-order valence-electron chi connectivity index (χ2n) is 5.09. The van der Waals surface area contributed by atoms with Crippen LogP contribution in [-0.4, -0.2) is 26.2 Å². The highest BCUT2D eigenvalue weighted by Crippen LogP contribution is 2.29. The molecule has 3 amide bonds. The highest BCUT2D eigenvalue weighted by molar-refractivity contribution is 6.43. The molecule has 0 fully saturated rings. The maximum absolute atomic E-state index is 12.0. The molecule has 3 N–H and O–H groups in total. The van der Waals surface area contributed by atoms with Crippen LogP contribution in [0.2, 0.25) is 10.0 Å². The Morgan fingerprint density at radius 2 is 1.73 bits per heavy atom. The molecule has 0 aliphatic carbocycles. The van der Waals surface area contributed by atoms with E-state index in [0.29, 0.717) is 27.8 Å². The summed E-state index contributed by atoms with van der Waals surface area (Å²) >= 11 is 11.8. The van der Waals surface area contributed by atoms with Gasteiger partial charge in [0.25, 0.3) is 0 Å². The van der Waals surface area contributed by atoms with E-state index in [1.165, 1.54) is 14.2 Å². The van der Waals surface area contributed by atoms with Gasteiger partial charge in [-0.2, -0.15) is 0 Å². The van der Waals surface area contributed by atoms with Crippen molar-refractivity contribution in [2.75, 3.05) is 19.5 Å². The molecule has 0 aromatic heterocycles. The molecule has 0 radical (unpaired) electrons. The van der Waals surface area contributed by atoms with E-state index in [1.807, 2.05) is 0 Å². The summed E-state index contributed by atoms with van der Waals surface area (Å²) in [6.45, 7) is 0. The van der Waals surface area contributed by atoms with E-state index in [9.17, 15) is 9.59 Å². The fraction of sp³-hybridized carbons (Fsp3) is 0.176. The molecule has 0 atom stereocenters. The summed E-state index contributed by atoms with van der Waals surface area (Å²) in [5, 5.41) is 3.00. The number of hydrogen-bond acceptors (Lipinski definition) is 4. The summed E-state index contributed by atoms with van der Waals surface area (Å²) in [6.07, 6.45) is 0.0402. The van der Waals surface area contributed by atoms with Crippen molar-refractivity contribution < 1.29 is 19.1 Å². The van der Waals surface area contributed by atoms with E-state index in [2.05, 4.69) is 16.2 Å². The highest BCUT2D eigenvalue weighted by Gasteiger charge is 2.11. The molecule has 0 bridgehead atoms. The number of hydrogen-bond donors (Lipinski definition) is 3. The monoisotopic (exact) mass is 397 g/mol. The summed E-state index contributed by atoms with van der Waals surface area (Å²) in [5.74, 6) is 0.663. The van der Waals surface area contributed by atoms with Gasteiger partial charge in [0.1, 0.15) is 0 Å². The summed E-state index contributed by atoms with van der Waals surface area (Å²) < 4.78 is 10.3. The Kier molecular flexibility index (Phi) is 6.94. The number of urea groups is 1. The van der Waals surface area contributed by atoms with Crippen molar-refractivity contribution >= 4 is 40.8 Å². The zero-order chi connectivity index (χ0) is 19.1. The molecule has 0 aliphatic heterocycles. The molecule has 0 unspecified atom stereocenters. The number of rotatable bonds is 5. The van der Waals surface area contributed by atoms with E-state index in [1.54, 1.807) is 36.4 Å². The molecule has 0 saturated carbocycles. The lowest BCUT2D eigenvalue weighted by atomic mass is 10.1. The third-order valence-corrected chi connectivity index (χ3v) is 4.15. The number of hydrazine groups is 1. The van der Waals surface area contributed by atoms with E-state index in [4.69, 9.17) is 32.7 Å². The number of carbonyl (C=O) groups excluding carboxylic acids is 2. The quantitative estimate of drug-likeness (QED) is 0.674. The minimum atomic E-state index is -0.658. The van der Waals surface area contributed by atoms with Gasteiger partial charge in [-0.15, -0.1) is 0 Å². The molecule has 0 heterocycles. The van der Waals surface area contributed by atoms with Gasteiger partial charge < -0.3 is 14.8 Å². The zero-order valence-corrected chi connectivity index (χ0v) is 15.6. The summed E-state index contributed by atoms with van der Waals surface area (Å²) in [6, 6.07) is 9.27. The van der Waals surface area contributed by atoms with Crippen molar-refractivity contribution in [3.05, 3.63) is 52.0 Å². The van der Waals surface area contributed by atoms with Gasteiger partial charge in [-0.1, -0.05) is 35.3 Å². The maximum atomic E-state index is 12.0. The van der Waals surface area contributed by atoms with Crippen LogP contribution in [0.25, 0.3) is 0 Å². The molecular formula is C17H17Cl2N3O4. The fourth-order valence-corrected chi connectivity index (χ4v) is 2.45. The van der Waals surface area contributed by atoms with Gasteiger partial charge in [-0.05, 0) is 29.8 Å². The first-order valence-electron chi connectivity index (χ1n) is 7.45. The van der Waals surface area contributed by atoms with Crippen molar-refractivity contribution in [3.63, 3.8) is 0 Å². The van der Waals surface area contributed by atoms with Crippen LogP contribution in [0.15, 0.2) is 36.4 Å². The molecule has 0 aliphatic rings. The number of anilines is 1. The molecule has 26 heavy (non-hydrogen) atoms. The number of halogens is 2. The molecule has 138 valence electrons. The molecule has 0 spiro atoms. The standard InChI is InChI=1S/C17H17Cl2N3O4/c1-25-13-7-6-10(8-14(13)26-2)9-15(23)21-22-17(24)20-12-5-3-4-11(18)16(12)19/h3-8H,9H2,1-2H3,(H,21,23)(H2,20,22,24). The Hall–Kier alpha value is -2.64. The average molecular weight is 398 g/mol. The Balaban J connectivity index is 1.88. The molecule has 7 nitrogen and oxygen atoms in total. The third kappa shape index (κ3) is 5.18. The molecule has 2 aromatic rings. The number of benzene rings is 2. The van der Waals surface area contributed by atoms with E-state index in [0.717, 1.165) is 0 Å². The molecule has 0 saturated heterocycles. The normalized spacial score (nSPS) is 10.0. The van der Waals surface area contributed by atoms with E-state index >= 15 is 0 Å². The molecule has 2 aromatic carbocycles. The largest absolute Gasteiger partial charge is 0.493 e. The predicted molar refractivity (Wildman–Crippen MR) is 100 cm³/mol. The van der Waals surface area contributed by atoms with Crippen LogP contribution in [0.4, 0.5) is 10.5 Å². The first-order chi connectivity index (χ1) is 12.4. The minimum Gasteiger partial charge on any atom is -0.493 e. The van der Waals surface area contributed by atoms with Gasteiger partial charge in [-0.25, -0.2) is 10.2 Å². The van der Waals surface area contributed by atoms with Crippen molar-refractivity contribution in [3.8, 4) is 11.5 Å². The SMILES string of the molecule is COc1ccc(CC(=O)NNC(=O)Nc2cccc(Cl)c2Cl)cc1OC. The average Bonchev–Trinajstić information content (AvgIpc) is 2.63. The number of ether oxygens (including phenoxy) is 2. The molecule has 2 rings (SSSR count). The number of amides is 3. The first-order valence-corrected chi connectivity index (χ1v) is 8.21. The number of nitrogens with one attached hydrogen (secondary N) is 3. The van der Waals surface area contributed by atoms with Gasteiger partial charge in [0.05, 0.1) is 36.4 Å². The molecular weight excluding hydrogens is 381 g/mol. The lowest BCUT2D eigenvalue weighted by Crippen LogP contribution is -2.44. The van der Waals surface area contributed by atoms with Crippen LogP contribution in [0.5, 0.6) is 11.5 Å². The summed E-state index contributed by atoms with van der Waals surface area (Å²) in [5.41, 5.74) is 5.56. The van der Waals surface area contributed by atoms with Gasteiger partial charge in [0, 0.05) is 0 Å². The maximum Gasteiger partial charge on any atom is 0.337 e. The topological polar surface area (TPSA) is 88.7 Å². The number of methoxy groups -OCH3 is 2. The Bertz CT molecular complexity index is 815. The lowest BCUT2D eigenvalue weighted by Gasteiger charge is -2.12. The van der Waals surface area contributed by atoms with Crippen LogP contribution in [-0.2, 0) is 11.2 Å². The van der Waals surface area contributed by atoms with Crippen molar-refractivity contribution in [1.29, 1.82) is 0 Å². The van der Waals surface area contributed by atoms with Gasteiger partial charge in [0.2, 0.25) is 5.91 Å². The first kappa shape index (κ1) is 19.7. The van der Waals surface area contributed by atoms with E-state index < -0.39 is 11.9 Å². The summed E-state index contributed by atoms with van der Waals surface area (Å²) in [4.78, 5) is 23.8. The second-order valence-corrected chi connectivity index (χ2v) is 5.88. The van der Waals surface area contributed by atoms with Crippen LogP contribution < -0.4 is 25.6 Å². The van der Waals surface area contributed by atoms with Crippen molar-refractivity contribution in [1.82, 2.24) is 10.9 Å². The van der Waals surface area contributed by atoms with Crippen LogP contribution >= 0.6 is 23.2 Å². The lowest BCUT2D eigenvalue weighted by molar-refractivity contribution is -0.121. The van der Waals surface area contributed by atoms with Crippen LogP contribution in [0.3, 0.4) is 0 Å². The molecule has 9 heteroatoms. The fourth-order valence-electron chi connectivity index (χ4n) is 2.10. The van der Waals surface area contributed by atoms with Crippen molar-refractivity contribution in [2.24, 2.45) is 0 Å². The highest BCUT2D eigenvalue weighted by atomic mass is 35.5. The smallest absolute Gasteiger partial charge is 0.337 e. The van der Waals surface area contributed by atoms with Gasteiger partial charge >= 0.3 is 6.03 Å². The van der Waals surface area contributed by atoms with Gasteiger partial charge in [0.15, 0.2) is 11.5 Å². The van der Waals surface area contributed by atoms with Gasteiger partial charge in [-0.3, -0.25) is 10.2 Å². The Morgan fingerprint density at radius 1 is 1.00 bits per heavy atom. The predicted octanol–water partition coefficient (Wildman–Crippen LogP) is 3.41. The second kappa shape index (κ2) is 9.17. The van der Waals surface area contributed by atoms with Crippen molar-refractivity contribution in [2.45, 2.75) is 6.42 Å². The van der Waals surface area contributed by atoms with Crippen LogP contribution in [0.1, 0.15) is 5.56 Å². The zero-order valence-electron chi connectivity index (χ0n) is 14.1. The minimum absolute atomic E-state index is 0.0402. The van der Waals surface area contributed by atoms with E-state index in [-0.39, 0.29) is 11.4 Å². The third-order valence-electron chi connectivity index (χ3n) is 3.33. The number of carbonyl (C=O) groups is 2. The van der Waals surface area contributed by atoms with Crippen LogP contribution in [0, 0.1) is 0 Å².